The van der Waals surface area contributed by atoms with E-state index in [1.54, 1.807) is 12.1 Å². The van der Waals surface area contributed by atoms with Crippen molar-refractivity contribution in [3.63, 3.8) is 0 Å². The molecule has 0 bridgehead atoms. The smallest absolute Gasteiger partial charge is 0.210 e. The lowest BCUT2D eigenvalue weighted by Gasteiger charge is -1.78. The van der Waals surface area contributed by atoms with Crippen LogP contribution in [0.2, 0.25) is 0 Å². The highest BCUT2D eigenvalue weighted by Gasteiger charge is 2.06. The van der Waals surface area contributed by atoms with Crippen LogP contribution in [0.15, 0.2) is 27.4 Å². The lowest BCUT2D eigenvalue weighted by Crippen LogP contribution is -1.73. The predicted octanol–water partition coefficient (Wildman–Crippen LogP) is 1.31. The largest absolute Gasteiger partial charge is 0.364 e. The van der Waals surface area contributed by atoms with Crippen LogP contribution in [0.3, 0.4) is 0 Å². The van der Waals surface area contributed by atoms with Crippen LogP contribution in [0, 0.1) is 12.3 Å². The average molecular weight is 160 g/mol. The van der Waals surface area contributed by atoms with Gasteiger partial charge in [0.1, 0.15) is 17.7 Å². The molecule has 0 aliphatic heterocycles. The van der Waals surface area contributed by atoms with E-state index in [9.17, 15) is 0 Å². The Morgan fingerprint density at radius 1 is 1.33 bits per heavy atom. The second kappa shape index (κ2) is 2.55. The molecule has 4 heteroatoms. The van der Waals surface area contributed by atoms with Crippen molar-refractivity contribution in [3.05, 3.63) is 24.2 Å². The van der Waals surface area contributed by atoms with Gasteiger partial charge in [-0.3, -0.25) is 0 Å². The highest BCUT2D eigenvalue weighted by molar-refractivity contribution is 5.53. The van der Waals surface area contributed by atoms with Gasteiger partial charge in [0.05, 0.1) is 0 Å². The number of hydrogen-bond acceptors (Lipinski definition) is 4. The predicted molar refractivity (Wildman–Crippen MR) is 39.9 cm³/mol. The summed E-state index contributed by atoms with van der Waals surface area (Å²) in [5, 5.41) is 7.36. The topological polar surface area (TPSA) is 52.1 Å². The van der Waals surface area contributed by atoms with Crippen molar-refractivity contribution in [2.24, 2.45) is 0 Å². The zero-order chi connectivity index (χ0) is 8.39. The fraction of sp³-hybridized carbons (Fsp3) is 0. The first-order valence-corrected chi connectivity index (χ1v) is 3.24. The normalized spacial score (nSPS) is 9.58. The van der Waals surface area contributed by atoms with Crippen molar-refractivity contribution >= 4 is 0 Å². The maximum Gasteiger partial charge on any atom is 0.210 e. The minimum Gasteiger partial charge on any atom is -0.364 e. The maximum atomic E-state index is 5.09. The van der Waals surface area contributed by atoms with Gasteiger partial charge < -0.3 is 9.05 Å². The Hall–Kier alpha value is -2.02. The molecule has 2 aromatic heterocycles. The van der Waals surface area contributed by atoms with E-state index in [0.717, 1.165) is 0 Å². The zero-order valence-electron chi connectivity index (χ0n) is 6.02. The molecule has 2 heterocycles. The van der Waals surface area contributed by atoms with Crippen LogP contribution in [0.4, 0.5) is 0 Å². The van der Waals surface area contributed by atoms with Crippen LogP contribution in [-0.4, -0.2) is 10.3 Å². The minimum absolute atomic E-state index is 0.382. The summed E-state index contributed by atoms with van der Waals surface area (Å²) in [7, 11) is 0. The molecule has 0 atom stereocenters. The van der Waals surface area contributed by atoms with Crippen LogP contribution < -0.4 is 0 Å². The summed E-state index contributed by atoms with van der Waals surface area (Å²) in [5.74, 6) is 2.70. The van der Waals surface area contributed by atoms with E-state index >= 15 is 0 Å². The number of terminal acetylenes is 1. The van der Waals surface area contributed by atoms with Gasteiger partial charge in [0.15, 0.2) is 0 Å². The summed E-state index contributed by atoms with van der Waals surface area (Å²) < 4.78 is 9.40. The molecule has 0 aliphatic rings. The van der Waals surface area contributed by atoms with E-state index in [-0.39, 0.29) is 0 Å². The Balaban J connectivity index is 2.44. The number of aromatic nitrogens is 2. The maximum absolute atomic E-state index is 5.09. The molecule has 2 rings (SSSR count). The summed E-state index contributed by atoms with van der Waals surface area (Å²) in [5.41, 5.74) is 1.19. The molecule has 2 aromatic rings. The summed E-state index contributed by atoms with van der Waals surface area (Å²) >= 11 is 0. The van der Waals surface area contributed by atoms with Crippen LogP contribution >= 0.6 is 0 Å². The van der Waals surface area contributed by atoms with E-state index in [1.807, 2.05) is 0 Å². The molecule has 0 aromatic carbocycles. The third kappa shape index (κ3) is 0.974. The first-order valence-electron chi connectivity index (χ1n) is 3.24. The molecular weight excluding hydrogens is 156 g/mol. The Morgan fingerprint density at radius 2 is 2.25 bits per heavy atom. The van der Waals surface area contributed by atoms with Crippen molar-refractivity contribution in [1.82, 2.24) is 10.3 Å². The molecule has 0 fully saturated rings. The van der Waals surface area contributed by atoms with Gasteiger partial charge >= 0.3 is 0 Å². The van der Waals surface area contributed by atoms with E-state index in [4.69, 9.17) is 10.9 Å². The van der Waals surface area contributed by atoms with E-state index in [2.05, 4.69) is 20.8 Å². The Labute approximate surface area is 68.1 Å². The minimum atomic E-state index is 0.382. The van der Waals surface area contributed by atoms with Gasteiger partial charge in [-0.05, 0) is 5.92 Å². The quantitative estimate of drug-likeness (QED) is 0.590. The molecule has 0 saturated carbocycles. The SMILES string of the molecule is C#Cc1cc(-c2ccon2)no1. The second-order valence-corrected chi connectivity index (χ2v) is 2.11. The van der Waals surface area contributed by atoms with E-state index < -0.39 is 0 Å². The van der Waals surface area contributed by atoms with Crippen molar-refractivity contribution in [2.75, 3.05) is 0 Å². The van der Waals surface area contributed by atoms with Crippen LogP contribution in [0.25, 0.3) is 11.4 Å². The van der Waals surface area contributed by atoms with Gasteiger partial charge in [0.25, 0.3) is 0 Å². The Kier molecular flexibility index (Phi) is 1.42. The molecule has 12 heavy (non-hydrogen) atoms. The molecule has 0 unspecified atom stereocenters. The highest BCUT2D eigenvalue weighted by atomic mass is 16.5. The molecule has 0 saturated heterocycles. The third-order valence-electron chi connectivity index (χ3n) is 1.35. The highest BCUT2D eigenvalue weighted by Crippen LogP contribution is 2.15. The second-order valence-electron chi connectivity index (χ2n) is 2.11. The summed E-state index contributed by atoms with van der Waals surface area (Å²) in [6, 6.07) is 3.30. The van der Waals surface area contributed by atoms with Crippen molar-refractivity contribution in [2.45, 2.75) is 0 Å². The van der Waals surface area contributed by atoms with Crippen molar-refractivity contribution in [3.8, 4) is 23.7 Å². The molecular formula is C8H4N2O2. The molecule has 0 amide bonds. The summed E-state index contributed by atoms with van der Waals surface area (Å²) in [6.07, 6.45) is 6.55. The molecule has 58 valence electrons. The Morgan fingerprint density at radius 3 is 2.83 bits per heavy atom. The monoisotopic (exact) mass is 160 g/mol. The number of nitrogens with zero attached hydrogens (tertiary/aromatic N) is 2. The van der Waals surface area contributed by atoms with Crippen LogP contribution in [-0.2, 0) is 0 Å². The first-order chi connectivity index (χ1) is 5.90. The fourth-order valence-corrected chi connectivity index (χ4v) is 0.809. The van der Waals surface area contributed by atoms with Crippen molar-refractivity contribution in [1.29, 1.82) is 0 Å². The lowest BCUT2D eigenvalue weighted by molar-refractivity contribution is 0.407. The lowest BCUT2D eigenvalue weighted by atomic mass is 10.3. The van der Waals surface area contributed by atoms with Gasteiger partial charge in [-0.25, -0.2) is 0 Å². The molecule has 0 N–H and O–H groups in total. The standard InChI is InChI=1S/C8H4N2O2/c1-2-6-5-8(10-12-6)7-3-4-11-9-7/h1,3-5H. The fourth-order valence-electron chi connectivity index (χ4n) is 0.809. The number of rotatable bonds is 1. The van der Waals surface area contributed by atoms with Gasteiger partial charge in [0, 0.05) is 12.1 Å². The Bertz CT molecular complexity index is 408. The van der Waals surface area contributed by atoms with Gasteiger partial charge in [-0.1, -0.05) is 10.3 Å². The number of hydrogen-bond donors (Lipinski definition) is 0. The molecule has 4 nitrogen and oxygen atoms in total. The van der Waals surface area contributed by atoms with Crippen LogP contribution in [0.1, 0.15) is 5.76 Å². The van der Waals surface area contributed by atoms with Gasteiger partial charge in [-0.2, -0.15) is 0 Å². The molecule has 0 spiro atoms. The average Bonchev–Trinajstić information content (AvgIpc) is 2.75. The summed E-state index contributed by atoms with van der Waals surface area (Å²) in [6.45, 7) is 0. The van der Waals surface area contributed by atoms with E-state index in [1.165, 1.54) is 6.26 Å². The van der Waals surface area contributed by atoms with Crippen LogP contribution in [0.5, 0.6) is 0 Å². The molecule has 0 radical (unpaired) electrons. The first kappa shape index (κ1) is 6.68. The van der Waals surface area contributed by atoms with E-state index in [0.29, 0.717) is 17.1 Å². The zero-order valence-corrected chi connectivity index (χ0v) is 6.02. The van der Waals surface area contributed by atoms with Gasteiger partial charge in [-0.15, -0.1) is 6.42 Å². The van der Waals surface area contributed by atoms with Gasteiger partial charge in [0.2, 0.25) is 5.76 Å². The molecule has 0 aliphatic carbocycles. The summed E-state index contributed by atoms with van der Waals surface area (Å²) in [4.78, 5) is 0. The third-order valence-corrected chi connectivity index (χ3v) is 1.35. The van der Waals surface area contributed by atoms with Crippen molar-refractivity contribution < 1.29 is 9.05 Å².